The van der Waals surface area contributed by atoms with Crippen molar-refractivity contribution in [3.63, 3.8) is 0 Å². The van der Waals surface area contributed by atoms with Gasteiger partial charge in [-0.1, -0.05) is 12.1 Å². The van der Waals surface area contributed by atoms with E-state index < -0.39 is 0 Å². The predicted octanol–water partition coefficient (Wildman–Crippen LogP) is 0.715. The second-order valence-corrected chi connectivity index (χ2v) is 4.98. The molecule has 0 N–H and O–H groups in total. The third-order valence-electron chi connectivity index (χ3n) is 2.96. The molecule has 0 aromatic carbocycles. The molecule has 0 atom stereocenters. The number of nitrogens with zero attached hydrogens (tertiary/aromatic N) is 5. The normalized spacial score (nSPS) is 18.0. The van der Waals surface area contributed by atoms with Gasteiger partial charge in [0.05, 0.1) is 26.0 Å². The molecular weight excluding hydrogens is 218 g/mol. The molecule has 0 unspecified atom stereocenters. The standard InChI is InChI=1S/C11H15N5O/c1-11(7-17-8-11)6-16-5-10(12-14-16)9-3-4-15(2)13-9/h3-5H,6-8H2,1-2H3. The molecule has 6 nitrogen and oxygen atoms in total. The minimum Gasteiger partial charge on any atom is -0.380 e. The SMILES string of the molecule is Cn1ccc(-c2cn(CC3(C)COC3)nn2)n1. The van der Waals surface area contributed by atoms with E-state index in [1.165, 1.54) is 0 Å². The van der Waals surface area contributed by atoms with E-state index in [9.17, 15) is 0 Å². The van der Waals surface area contributed by atoms with Crippen LogP contribution in [0.4, 0.5) is 0 Å². The van der Waals surface area contributed by atoms with Crippen molar-refractivity contribution in [2.45, 2.75) is 13.5 Å². The lowest BCUT2D eigenvalue weighted by atomic mass is 9.89. The third-order valence-corrected chi connectivity index (χ3v) is 2.96. The second-order valence-electron chi connectivity index (χ2n) is 4.98. The first-order chi connectivity index (χ1) is 8.15. The summed E-state index contributed by atoms with van der Waals surface area (Å²) >= 11 is 0. The molecule has 0 spiro atoms. The zero-order valence-corrected chi connectivity index (χ0v) is 10.00. The van der Waals surface area contributed by atoms with Gasteiger partial charge in [0.1, 0.15) is 11.4 Å². The van der Waals surface area contributed by atoms with Crippen LogP contribution in [-0.4, -0.2) is 38.0 Å². The average molecular weight is 233 g/mol. The molecule has 1 aliphatic rings. The van der Waals surface area contributed by atoms with Crippen LogP contribution in [0.3, 0.4) is 0 Å². The fourth-order valence-corrected chi connectivity index (χ4v) is 1.98. The number of hydrogen-bond donors (Lipinski definition) is 0. The largest absolute Gasteiger partial charge is 0.380 e. The molecule has 90 valence electrons. The monoisotopic (exact) mass is 233 g/mol. The van der Waals surface area contributed by atoms with Crippen LogP contribution in [0, 0.1) is 5.41 Å². The van der Waals surface area contributed by atoms with Crippen LogP contribution in [0.1, 0.15) is 6.92 Å². The lowest BCUT2D eigenvalue weighted by Crippen LogP contribution is -2.43. The van der Waals surface area contributed by atoms with Gasteiger partial charge in [-0.3, -0.25) is 9.36 Å². The molecule has 0 aliphatic carbocycles. The van der Waals surface area contributed by atoms with Gasteiger partial charge in [-0.15, -0.1) is 5.10 Å². The van der Waals surface area contributed by atoms with Gasteiger partial charge in [0.25, 0.3) is 0 Å². The van der Waals surface area contributed by atoms with Crippen LogP contribution in [0.2, 0.25) is 0 Å². The van der Waals surface area contributed by atoms with Crippen molar-refractivity contribution in [1.29, 1.82) is 0 Å². The maximum absolute atomic E-state index is 5.23. The van der Waals surface area contributed by atoms with Crippen LogP contribution >= 0.6 is 0 Å². The Balaban J connectivity index is 1.78. The van der Waals surface area contributed by atoms with E-state index in [-0.39, 0.29) is 5.41 Å². The minimum atomic E-state index is 0.203. The Kier molecular flexibility index (Phi) is 2.25. The van der Waals surface area contributed by atoms with Crippen molar-refractivity contribution in [2.24, 2.45) is 12.5 Å². The highest BCUT2D eigenvalue weighted by molar-refractivity contribution is 5.50. The molecule has 0 amide bonds. The average Bonchev–Trinajstić information content (AvgIpc) is 2.84. The van der Waals surface area contributed by atoms with Crippen molar-refractivity contribution in [3.8, 4) is 11.4 Å². The minimum absolute atomic E-state index is 0.203. The summed E-state index contributed by atoms with van der Waals surface area (Å²) in [6.07, 6.45) is 3.83. The molecule has 1 fully saturated rings. The number of rotatable bonds is 3. The Bertz CT molecular complexity index is 525. The third kappa shape index (κ3) is 1.95. The Morgan fingerprint density at radius 1 is 1.41 bits per heavy atom. The van der Waals surface area contributed by atoms with Crippen molar-refractivity contribution in [3.05, 3.63) is 18.5 Å². The van der Waals surface area contributed by atoms with Crippen LogP contribution < -0.4 is 0 Å². The molecular formula is C11H15N5O. The van der Waals surface area contributed by atoms with Crippen molar-refractivity contribution in [2.75, 3.05) is 13.2 Å². The molecule has 2 aromatic heterocycles. The summed E-state index contributed by atoms with van der Waals surface area (Å²) in [6, 6.07) is 1.93. The van der Waals surface area contributed by atoms with E-state index >= 15 is 0 Å². The van der Waals surface area contributed by atoms with Gasteiger partial charge in [-0.2, -0.15) is 5.10 Å². The fraction of sp³-hybridized carbons (Fsp3) is 0.545. The molecule has 3 rings (SSSR count). The molecule has 3 heterocycles. The van der Waals surface area contributed by atoms with Gasteiger partial charge >= 0.3 is 0 Å². The molecule has 17 heavy (non-hydrogen) atoms. The molecule has 0 radical (unpaired) electrons. The maximum atomic E-state index is 5.23. The lowest BCUT2D eigenvalue weighted by molar-refractivity contribution is -0.111. The Hall–Kier alpha value is -1.69. The topological polar surface area (TPSA) is 57.8 Å². The van der Waals surface area contributed by atoms with Gasteiger partial charge in [0, 0.05) is 18.7 Å². The summed E-state index contributed by atoms with van der Waals surface area (Å²) in [7, 11) is 1.89. The Morgan fingerprint density at radius 2 is 2.24 bits per heavy atom. The summed E-state index contributed by atoms with van der Waals surface area (Å²) in [4.78, 5) is 0. The van der Waals surface area contributed by atoms with Crippen molar-refractivity contribution >= 4 is 0 Å². The molecule has 6 heteroatoms. The summed E-state index contributed by atoms with van der Waals surface area (Å²) < 4.78 is 8.85. The second kappa shape index (κ2) is 3.66. The number of ether oxygens (including phenoxy) is 1. The van der Waals surface area contributed by atoms with Crippen molar-refractivity contribution in [1.82, 2.24) is 24.8 Å². The van der Waals surface area contributed by atoms with Gasteiger partial charge in [0.2, 0.25) is 0 Å². The highest BCUT2D eigenvalue weighted by atomic mass is 16.5. The molecule has 0 saturated carbocycles. The molecule has 0 bridgehead atoms. The van der Waals surface area contributed by atoms with E-state index in [1.54, 1.807) is 4.68 Å². The number of hydrogen-bond acceptors (Lipinski definition) is 4. The Morgan fingerprint density at radius 3 is 2.82 bits per heavy atom. The molecule has 1 aliphatic heterocycles. The van der Waals surface area contributed by atoms with E-state index in [1.807, 2.05) is 30.2 Å². The van der Waals surface area contributed by atoms with Gasteiger partial charge in [0.15, 0.2) is 0 Å². The first-order valence-electron chi connectivity index (χ1n) is 5.63. The fourth-order valence-electron chi connectivity index (χ4n) is 1.98. The van der Waals surface area contributed by atoms with E-state index in [4.69, 9.17) is 4.74 Å². The highest BCUT2D eigenvalue weighted by Gasteiger charge is 2.34. The van der Waals surface area contributed by atoms with Gasteiger partial charge in [-0.25, -0.2) is 0 Å². The molecule has 1 saturated heterocycles. The van der Waals surface area contributed by atoms with Gasteiger partial charge < -0.3 is 4.74 Å². The first-order valence-corrected chi connectivity index (χ1v) is 5.63. The summed E-state index contributed by atoms with van der Waals surface area (Å²) in [6.45, 7) is 4.63. The zero-order valence-electron chi connectivity index (χ0n) is 10.00. The summed E-state index contributed by atoms with van der Waals surface area (Å²) in [5, 5.41) is 12.6. The van der Waals surface area contributed by atoms with Gasteiger partial charge in [-0.05, 0) is 6.07 Å². The zero-order chi connectivity index (χ0) is 11.9. The molecule has 2 aromatic rings. The van der Waals surface area contributed by atoms with Crippen molar-refractivity contribution < 1.29 is 4.74 Å². The number of aromatic nitrogens is 5. The smallest absolute Gasteiger partial charge is 0.133 e. The summed E-state index contributed by atoms with van der Waals surface area (Å²) in [5.41, 5.74) is 1.87. The maximum Gasteiger partial charge on any atom is 0.133 e. The predicted molar refractivity (Wildman–Crippen MR) is 61.2 cm³/mol. The lowest BCUT2D eigenvalue weighted by Gasteiger charge is -2.37. The quantitative estimate of drug-likeness (QED) is 0.783. The van der Waals surface area contributed by atoms with E-state index in [2.05, 4.69) is 22.3 Å². The van der Waals surface area contributed by atoms with E-state index in [0.29, 0.717) is 0 Å². The highest BCUT2D eigenvalue weighted by Crippen LogP contribution is 2.28. The van der Waals surface area contributed by atoms with Crippen LogP contribution in [-0.2, 0) is 18.3 Å². The van der Waals surface area contributed by atoms with E-state index in [0.717, 1.165) is 31.1 Å². The Labute approximate surface area is 99.2 Å². The van der Waals surface area contributed by atoms with Crippen LogP contribution in [0.5, 0.6) is 0 Å². The van der Waals surface area contributed by atoms with Crippen LogP contribution in [0.15, 0.2) is 18.5 Å². The van der Waals surface area contributed by atoms with Crippen LogP contribution in [0.25, 0.3) is 11.4 Å². The first kappa shape index (κ1) is 10.5. The number of aryl methyl sites for hydroxylation is 1. The summed E-state index contributed by atoms with van der Waals surface area (Å²) in [5.74, 6) is 0.